The highest BCUT2D eigenvalue weighted by atomic mass is 35.5. The molecule has 1 fully saturated rings. The summed E-state index contributed by atoms with van der Waals surface area (Å²) in [4.78, 5) is 4.58. The van der Waals surface area contributed by atoms with E-state index in [1.807, 2.05) is 59.4 Å². The van der Waals surface area contributed by atoms with Crippen LogP contribution in [0.5, 0.6) is 0 Å². The number of halogens is 1. The number of aromatic nitrogens is 4. The van der Waals surface area contributed by atoms with Crippen molar-refractivity contribution in [1.29, 1.82) is 5.26 Å². The summed E-state index contributed by atoms with van der Waals surface area (Å²) in [5.41, 5.74) is 7.87. The third kappa shape index (κ3) is 5.98. The lowest BCUT2D eigenvalue weighted by Crippen LogP contribution is -2.14. The van der Waals surface area contributed by atoms with Crippen LogP contribution >= 0.6 is 11.6 Å². The second kappa shape index (κ2) is 12.4. The van der Waals surface area contributed by atoms with Gasteiger partial charge in [-0.2, -0.15) is 5.26 Å². The molecule has 0 spiro atoms. The van der Waals surface area contributed by atoms with Gasteiger partial charge in [0, 0.05) is 17.3 Å². The molecule has 1 aliphatic carbocycles. The Morgan fingerprint density at radius 3 is 2.38 bits per heavy atom. The summed E-state index contributed by atoms with van der Waals surface area (Å²) in [6.45, 7) is 2.13. The van der Waals surface area contributed by atoms with Gasteiger partial charge in [-0.15, -0.1) is 5.10 Å². The van der Waals surface area contributed by atoms with Crippen LogP contribution in [0.15, 0.2) is 109 Å². The van der Waals surface area contributed by atoms with Crippen LogP contribution in [0.1, 0.15) is 66.7 Å². The van der Waals surface area contributed by atoms with Crippen molar-refractivity contribution in [1.82, 2.24) is 20.0 Å². The first kappa shape index (κ1) is 28.6. The van der Waals surface area contributed by atoms with Gasteiger partial charge < -0.3 is 10.6 Å². The number of anilines is 2. The second-order valence-corrected chi connectivity index (χ2v) is 11.9. The molecule has 2 atom stereocenters. The van der Waals surface area contributed by atoms with Crippen LogP contribution in [-0.2, 0) is 0 Å². The van der Waals surface area contributed by atoms with E-state index in [9.17, 15) is 5.26 Å². The van der Waals surface area contributed by atoms with Crippen molar-refractivity contribution in [2.24, 2.45) is 0 Å². The van der Waals surface area contributed by atoms with E-state index in [4.69, 9.17) is 11.6 Å². The largest absolute Gasteiger partial charge is 0.377 e. The molecule has 0 saturated heterocycles. The predicted molar refractivity (Wildman–Crippen MR) is 180 cm³/mol. The van der Waals surface area contributed by atoms with Crippen molar-refractivity contribution in [3.63, 3.8) is 0 Å². The van der Waals surface area contributed by atoms with Gasteiger partial charge in [0.25, 0.3) is 0 Å². The predicted octanol–water partition coefficient (Wildman–Crippen LogP) is 9.12. The molecule has 2 N–H and O–H groups in total. The summed E-state index contributed by atoms with van der Waals surface area (Å²) in [7, 11) is 0. The van der Waals surface area contributed by atoms with E-state index in [-0.39, 0.29) is 12.1 Å². The van der Waals surface area contributed by atoms with E-state index in [2.05, 4.69) is 87.5 Å². The lowest BCUT2D eigenvalue weighted by Gasteiger charge is -2.23. The highest BCUT2D eigenvalue weighted by Gasteiger charge is 2.27. The second-order valence-electron chi connectivity index (χ2n) is 11.5. The first-order valence-electron chi connectivity index (χ1n) is 15.3. The van der Waals surface area contributed by atoms with Crippen LogP contribution in [-0.4, -0.2) is 20.0 Å². The standard InChI is InChI=1S/C37H32ClN7/c1-2-33(25-12-7-4-8-13-25)42-35-28(21-39)22-40-37-31(35)19-29(20-32(37)38)41-36(34-23-45(44-43-34)30-16-17-30)27-15-9-14-26(18-27)24-10-5-3-6-11-24/h3-15,18-20,22-23,30,33,36,41H,2,16-17H2,1H3,(H,40,42)/t33-,36?/m1/s1. The van der Waals surface area contributed by atoms with Gasteiger partial charge in [0.15, 0.2) is 0 Å². The maximum absolute atomic E-state index is 10.1. The number of hydrogen-bond donors (Lipinski definition) is 2. The average Bonchev–Trinajstić information content (AvgIpc) is 3.83. The minimum atomic E-state index is -0.300. The fourth-order valence-corrected chi connectivity index (χ4v) is 6.10. The number of nitrogens with one attached hydrogen (secondary N) is 2. The van der Waals surface area contributed by atoms with Crippen molar-refractivity contribution >= 4 is 33.9 Å². The van der Waals surface area contributed by atoms with Crippen molar-refractivity contribution in [2.45, 2.75) is 44.3 Å². The number of nitrogens with zero attached hydrogens (tertiary/aromatic N) is 5. The number of nitriles is 1. The van der Waals surface area contributed by atoms with E-state index in [0.717, 1.165) is 58.3 Å². The lowest BCUT2D eigenvalue weighted by atomic mass is 9.97. The Hall–Kier alpha value is -5.19. The summed E-state index contributed by atoms with van der Waals surface area (Å²) < 4.78 is 1.97. The van der Waals surface area contributed by atoms with Gasteiger partial charge in [-0.25, -0.2) is 4.68 Å². The van der Waals surface area contributed by atoms with Crippen LogP contribution < -0.4 is 10.6 Å². The highest BCUT2D eigenvalue weighted by molar-refractivity contribution is 6.35. The van der Waals surface area contributed by atoms with Gasteiger partial charge in [-0.05, 0) is 59.7 Å². The number of fused-ring (bicyclic) bond motifs is 1. The van der Waals surface area contributed by atoms with E-state index < -0.39 is 0 Å². The Labute approximate surface area is 267 Å². The molecular weight excluding hydrogens is 578 g/mol. The van der Waals surface area contributed by atoms with Crippen LogP contribution in [0, 0.1) is 11.3 Å². The molecule has 2 aromatic heterocycles. The first-order chi connectivity index (χ1) is 22.1. The number of rotatable bonds is 10. The summed E-state index contributed by atoms with van der Waals surface area (Å²) >= 11 is 6.91. The topological polar surface area (TPSA) is 91.5 Å². The van der Waals surface area contributed by atoms with Crippen LogP contribution in [0.4, 0.5) is 11.4 Å². The molecule has 2 heterocycles. The van der Waals surface area contributed by atoms with Crippen molar-refractivity contribution in [2.75, 3.05) is 10.6 Å². The SMILES string of the molecule is CC[C@@H](Nc1c(C#N)cnc2c(Cl)cc(NC(c3cccc(-c4ccccc4)c3)c3cn(C4CC4)nn3)cc12)c1ccccc1. The van der Waals surface area contributed by atoms with Gasteiger partial charge in [-0.1, -0.05) is 103 Å². The van der Waals surface area contributed by atoms with Gasteiger partial charge in [0.2, 0.25) is 0 Å². The van der Waals surface area contributed by atoms with Crippen LogP contribution in [0.2, 0.25) is 5.02 Å². The Morgan fingerprint density at radius 2 is 1.64 bits per heavy atom. The third-order valence-electron chi connectivity index (χ3n) is 8.36. The zero-order valence-corrected chi connectivity index (χ0v) is 25.6. The van der Waals surface area contributed by atoms with E-state index >= 15 is 0 Å². The summed E-state index contributed by atoms with van der Waals surface area (Å²) in [6.07, 6.45) is 6.71. The molecule has 0 amide bonds. The van der Waals surface area contributed by atoms with Gasteiger partial charge in [0.1, 0.15) is 11.8 Å². The van der Waals surface area contributed by atoms with Crippen LogP contribution in [0.3, 0.4) is 0 Å². The fourth-order valence-electron chi connectivity index (χ4n) is 5.83. The summed E-state index contributed by atoms with van der Waals surface area (Å²) in [5.74, 6) is 0. The van der Waals surface area contributed by atoms with Crippen molar-refractivity contribution < 1.29 is 0 Å². The lowest BCUT2D eigenvalue weighted by molar-refractivity contribution is 0.610. The molecule has 7 rings (SSSR count). The third-order valence-corrected chi connectivity index (χ3v) is 8.65. The Kier molecular flexibility index (Phi) is 7.89. The maximum atomic E-state index is 10.1. The zero-order chi connectivity index (χ0) is 30.8. The Morgan fingerprint density at radius 1 is 0.911 bits per heavy atom. The van der Waals surface area contributed by atoms with Gasteiger partial charge in [0.05, 0.1) is 46.1 Å². The molecule has 7 nitrogen and oxygen atoms in total. The Bertz CT molecular complexity index is 2000. The Balaban J connectivity index is 1.31. The first-order valence-corrected chi connectivity index (χ1v) is 15.7. The summed E-state index contributed by atoms with van der Waals surface area (Å²) in [6, 6.07) is 35.5. The van der Waals surface area contributed by atoms with Crippen molar-refractivity contribution in [3.8, 4) is 17.2 Å². The zero-order valence-electron chi connectivity index (χ0n) is 24.9. The van der Waals surface area contributed by atoms with Crippen molar-refractivity contribution in [3.05, 3.63) is 137 Å². The highest BCUT2D eigenvalue weighted by Crippen LogP contribution is 2.39. The molecular formula is C37H32ClN7. The quantitative estimate of drug-likeness (QED) is 0.161. The molecule has 6 aromatic rings. The molecule has 222 valence electrons. The molecule has 1 aliphatic rings. The number of pyridine rings is 1. The van der Waals surface area contributed by atoms with Gasteiger partial charge in [-0.3, -0.25) is 4.98 Å². The van der Waals surface area contributed by atoms with E-state index in [0.29, 0.717) is 27.8 Å². The van der Waals surface area contributed by atoms with Crippen LogP contribution in [0.25, 0.3) is 22.0 Å². The molecule has 0 aliphatic heterocycles. The maximum Gasteiger partial charge on any atom is 0.109 e. The molecule has 0 radical (unpaired) electrons. The molecule has 1 saturated carbocycles. The van der Waals surface area contributed by atoms with E-state index in [1.165, 1.54) is 0 Å². The average molecular weight is 610 g/mol. The number of benzene rings is 4. The molecule has 8 heteroatoms. The number of hydrogen-bond acceptors (Lipinski definition) is 6. The monoisotopic (exact) mass is 609 g/mol. The van der Waals surface area contributed by atoms with Gasteiger partial charge >= 0.3 is 0 Å². The minimum absolute atomic E-state index is 0.00484. The smallest absolute Gasteiger partial charge is 0.109 e. The fraction of sp³-hybridized carbons (Fsp3) is 0.189. The molecule has 1 unspecified atom stereocenters. The molecule has 0 bridgehead atoms. The van der Waals surface area contributed by atoms with E-state index in [1.54, 1.807) is 6.20 Å². The molecule has 4 aromatic carbocycles. The summed E-state index contributed by atoms with van der Waals surface area (Å²) in [5, 5.41) is 27.8. The normalized spacial score (nSPS) is 14.1. The minimum Gasteiger partial charge on any atom is -0.377 e. The molecule has 45 heavy (non-hydrogen) atoms.